The number of nitrogens with one attached hydrogen (secondary N) is 3. The molecule has 0 spiro atoms. The zero-order valence-corrected chi connectivity index (χ0v) is 17.5. The quantitative estimate of drug-likeness (QED) is 0.222. The molecule has 0 aromatic carbocycles. The fourth-order valence-electron chi connectivity index (χ4n) is 2.48. The molecule has 0 saturated carbocycles. The number of carbonyl (C=O) groups is 5. The molecule has 0 saturated heterocycles. The third-order valence-electron chi connectivity index (χ3n) is 4.08. The summed E-state index contributed by atoms with van der Waals surface area (Å²) in [5.41, 5.74) is 10.9. The molecule has 4 unspecified atom stereocenters. The molecule has 11 heteroatoms. The van der Waals surface area contributed by atoms with Crippen LogP contribution in [0.5, 0.6) is 0 Å². The summed E-state index contributed by atoms with van der Waals surface area (Å²) in [6.45, 7) is 8.35. The number of hydrogen-bond donors (Lipinski definition) is 6. The topological polar surface area (TPSA) is 194 Å². The number of rotatable bonds is 12. The SMILES string of the molecule is CC(C)CC(N)C(=O)NC(CC(N)=O)C(=O)NC(C)C(=O)NC(C(=O)O)C(C)C. The first-order valence-corrected chi connectivity index (χ1v) is 9.44. The van der Waals surface area contributed by atoms with Crippen LogP contribution in [0.4, 0.5) is 0 Å². The van der Waals surface area contributed by atoms with Gasteiger partial charge in [-0.2, -0.15) is 0 Å². The van der Waals surface area contributed by atoms with Crippen molar-refractivity contribution in [2.75, 3.05) is 0 Å². The second kappa shape index (κ2) is 12.0. The molecule has 0 heterocycles. The van der Waals surface area contributed by atoms with Gasteiger partial charge in [0.25, 0.3) is 0 Å². The first kappa shape index (κ1) is 26.3. The van der Waals surface area contributed by atoms with Crippen LogP contribution >= 0.6 is 0 Å². The van der Waals surface area contributed by atoms with Gasteiger partial charge in [-0.1, -0.05) is 27.7 Å². The predicted molar refractivity (Wildman–Crippen MR) is 105 cm³/mol. The lowest BCUT2D eigenvalue weighted by atomic mass is 10.0. The van der Waals surface area contributed by atoms with Crippen LogP contribution in [0.3, 0.4) is 0 Å². The van der Waals surface area contributed by atoms with Gasteiger partial charge in [0, 0.05) is 0 Å². The Morgan fingerprint density at radius 1 is 0.862 bits per heavy atom. The van der Waals surface area contributed by atoms with Crippen LogP contribution in [0.1, 0.15) is 47.5 Å². The molecule has 0 aliphatic heterocycles. The Bertz CT molecular complexity index is 622. The summed E-state index contributed by atoms with van der Waals surface area (Å²) in [7, 11) is 0. The Morgan fingerprint density at radius 2 is 1.41 bits per heavy atom. The molecule has 11 nitrogen and oxygen atoms in total. The number of primary amides is 1. The first-order valence-electron chi connectivity index (χ1n) is 9.44. The fourth-order valence-corrected chi connectivity index (χ4v) is 2.48. The second-order valence-electron chi connectivity index (χ2n) is 7.77. The van der Waals surface area contributed by atoms with Gasteiger partial charge < -0.3 is 32.5 Å². The van der Waals surface area contributed by atoms with Crippen LogP contribution in [0, 0.1) is 11.8 Å². The van der Waals surface area contributed by atoms with Crippen molar-refractivity contribution in [2.24, 2.45) is 23.3 Å². The molecule has 29 heavy (non-hydrogen) atoms. The highest BCUT2D eigenvalue weighted by molar-refractivity contribution is 5.96. The van der Waals surface area contributed by atoms with E-state index >= 15 is 0 Å². The van der Waals surface area contributed by atoms with Crippen LogP contribution < -0.4 is 27.4 Å². The zero-order chi connectivity index (χ0) is 22.9. The van der Waals surface area contributed by atoms with Gasteiger partial charge in [0.15, 0.2) is 0 Å². The molecular weight excluding hydrogens is 382 g/mol. The van der Waals surface area contributed by atoms with E-state index in [4.69, 9.17) is 16.6 Å². The summed E-state index contributed by atoms with van der Waals surface area (Å²) in [6, 6.07) is -4.42. The molecule has 0 aromatic heterocycles. The van der Waals surface area contributed by atoms with E-state index in [-0.39, 0.29) is 11.8 Å². The van der Waals surface area contributed by atoms with Crippen molar-refractivity contribution in [3.05, 3.63) is 0 Å². The molecule has 8 N–H and O–H groups in total. The lowest BCUT2D eigenvalue weighted by Gasteiger charge is -2.24. The largest absolute Gasteiger partial charge is 0.480 e. The molecule has 0 bridgehead atoms. The number of hydrogen-bond acceptors (Lipinski definition) is 6. The third-order valence-corrected chi connectivity index (χ3v) is 4.08. The normalized spacial score (nSPS) is 15.2. The predicted octanol–water partition coefficient (Wildman–Crippen LogP) is -1.55. The summed E-state index contributed by atoms with van der Waals surface area (Å²) in [5, 5.41) is 16.2. The van der Waals surface area contributed by atoms with E-state index in [1.165, 1.54) is 6.92 Å². The minimum atomic E-state index is -1.31. The van der Waals surface area contributed by atoms with Crippen molar-refractivity contribution in [2.45, 2.75) is 71.6 Å². The maximum absolute atomic E-state index is 12.5. The summed E-state index contributed by atoms with van der Waals surface area (Å²) in [6.07, 6.45) is -0.106. The highest BCUT2D eigenvalue weighted by Crippen LogP contribution is 2.05. The monoisotopic (exact) mass is 415 g/mol. The van der Waals surface area contributed by atoms with Crippen LogP contribution in [0.15, 0.2) is 0 Å². The number of aliphatic carboxylic acids is 1. The van der Waals surface area contributed by atoms with Gasteiger partial charge >= 0.3 is 5.97 Å². The van der Waals surface area contributed by atoms with Gasteiger partial charge in [-0.25, -0.2) is 4.79 Å². The maximum Gasteiger partial charge on any atom is 0.326 e. The second-order valence-corrected chi connectivity index (χ2v) is 7.77. The number of carboxylic acids is 1. The molecule has 4 amide bonds. The molecule has 4 atom stereocenters. The van der Waals surface area contributed by atoms with Crippen LogP contribution in [-0.4, -0.2) is 58.9 Å². The smallest absolute Gasteiger partial charge is 0.326 e. The Balaban J connectivity index is 5.08. The Hall–Kier alpha value is -2.69. The minimum absolute atomic E-state index is 0.144. The highest BCUT2D eigenvalue weighted by atomic mass is 16.4. The van der Waals surface area contributed by atoms with Gasteiger partial charge in [0.1, 0.15) is 18.1 Å². The number of amides is 4. The first-order chi connectivity index (χ1) is 13.3. The van der Waals surface area contributed by atoms with Gasteiger partial charge in [-0.05, 0) is 25.2 Å². The maximum atomic E-state index is 12.5. The average Bonchev–Trinajstić information content (AvgIpc) is 2.56. The van der Waals surface area contributed by atoms with E-state index < -0.39 is 60.2 Å². The van der Waals surface area contributed by atoms with Crippen molar-refractivity contribution in [1.82, 2.24) is 16.0 Å². The summed E-state index contributed by atoms with van der Waals surface area (Å²) >= 11 is 0. The molecule has 0 radical (unpaired) electrons. The standard InChI is InChI=1S/C18H33N5O6/c1-8(2)6-11(19)16(26)22-12(7-13(20)24)17(27)21-10(5)15(25)23-14(9(3)4)18(28)29/h8-12,14H,6-7,19H2,1-5H3,(H2,20,24)(H,21,27)(H,22,26)(H,23,25)(H,28,29). The van der Waals surface area contributed by atoms with Crippen LogP contribution in [-0.2, 0) is 24.0 Å². The van der Waals surface area contributed by atoms with Crippen molar-refractivity contribution >= 4 is 29.6 Å². The Kier molecular flexibility index (Phi) is 10.9. The van der Waals surface area contributed by atoms with E-state index in [0.717, 1.165) is 0 Å². The Labute approximate surface area is 170 Å². The minimum Gasteiger partial charge on any atom is -0.480 e. The summed E-state index contributed by atoms with van der Waals surface area (Å²) < 4.78 is 0. The Morgan fingerprint density at radius 3 is 1.83 bits per heavy atom. The molecule has 0 fully saturated rings. The third kappa shape index (κ3) is 9.88. The van der Waals surface area contributed by atoms with Gasteiger partial charge in [-0.15, -0.1) is 0 Å². The van der Waals surface area contributed by atoms with E-state index in [1.807, 2.05) is 13.8 Å². The van der Waals surface area contributed by atoms with Gasteiger partial charge in [0.2, 0.25) is 23.6 Å². The highest BCUT2D eigenvalue weighted by Gasteiger charge is 2.30. The van der Waals surface area contributed by atoms with Crippen molar-refractivity contribution in [3.8, 4) is 0 Å². The molecular formula is C18H33N5O6. The fraction of sp³-hybridized carbons (Fsp3) is 0.722. The van der Waals surface area contributed by atoms with Gasteiger partial charge in [0.05, 0.1) is 12.5 Å². The zero-order valence-electron chi connectivity index (χ0n) is 17.5. The van der Waals surface area contributed by atoms with Crippen molar-refractivity contribution < 1.29 is 29.1 Å². The lowest BCUT2D eigenvalue weighted by molar-refractivity contribution is -0.143. The molecule has 0 aliphatic carbocycles. The number of nitrogens with two attached hydrogens (primary N) is 2. The van der Waals surface area contributed by atoms with Crippen LogP contribution in [0.2, 0.25) is 0 Å². The van der Waals surface area contributed by atoms with E-state index in [1.54, 1.807) is 13.8 Å². The number of carboxylic acid groups (broad SMARTS) is 1. The molecule has 0 aromatic rings. The summed E-state index contributed by atoms with van der Waals surface area (Å²) in [5.74, 6) is -4.42. The molecule has 0 aliphatic rings. The van der Waals surface area contributed by atoms with E-state index in [9.17, 15) is 24.0 Å². The number of carbonyl (C=O) groups excluding carboxylic acids is 4. The lowest BCUT2D eigenvalue weighted by Crippen LogP contribution is -2.57. The summed E-state index contributed by atoms with van der Waals surface area (Å²) in [4.78, 5) is 59.3. The van der Waals surface area contributed by atoms with Crippen molar-refractivity contribution in [3.63, 3.8) is 0 Å². The van der Waals surface area contributed by atoms with Crippen molar-refractivity contribution in [1.29, 1.82) is 0 Å². The van der Waals surface area contributed by atoms with E-state index in [0.29, 0.717) is 6.42 Å². The average molecular weight is 415 g/mol. The molecule has 0 rings (SSSR count). The van der Waals surface area contributed by atoms with Crippen LogP contribution in [0.25, 0.3) is 0 Å². The molecule has 166 valence electrons. The van der Waals surface area contributed by atoms with E-state index in [2.05, 4.69) is 16.0 Å². The van der Waals surface area contributed by atoms with Gasteiger partial charge in [-0.3, -0.25) is 19.2 Å².